The molecule has 0 saturated heterocycles. The number of carbonyl (C=O) groups is 1. The van der Waals surface area contributed by atoms with Crippen molar-refractivity contribution in [3.05, 3.63) is 35.6 Å². The molecule has 2 N–H and O–H groups in total. The molecule has 16 heavy (non-hydrogen) atoms. The molecule has 0 spiro atoms. The summed E-state index contributed by atoms with van der Waals surface area (Å²) >= 11 is 0. The summed E-state index contributed by atoms with van der Waals surface area (Å²) in [5, 5.41) is 5.27. The minimum absolute atomic E-state index is 0.263. The summed E-state index contributed by atoms with van der Waals surface area (Å²) in [5.74, 6) is -0.284. The molecule has 2 amide bonds. The second-order valence-electron chi connectivity index (χ2n) is 3.23. The average Bonchev–Trinajstić information content (AvgIpc) is 2.29. The first kappa shape index (κ1) is 12.4. The van der Waals surface area contributed by atoms with Crippen LogP contribution in [0.3, 0.4) is 0 Å². The number of rotatable bonds is 5. The number of methoxy groups -OCH3 is 1. The maximum atomic E-state index is 12.6. The molecule has 88 valence electrons. The Morgan fingerprint density at radius 3 is 2.62 bits per heavy atom. The Labute approximate surface area is 93.8 Å². The van der Waals surface area contributed by atoms with E-state index in [2.05, 4.69) is 10.6 Å². The highest BCUT2D eigenvalue weighted by Gasteiger charge is 1.99. The molecule has 0 unspecified atom stereocenters. The second kappa shape index (κ2) is 6.79. The van der Waals surface area contributed by atoms with Crippen molar-refractivity contribution in [3.63, 3.8) is 0 Å². The Morgan fingerprint density at radius 2 is 2.00 bits per heavy atom. The predicted octanol–water partition coefficient (Wildman–Crippen LogP) is 1.27. The van der Waals surface area contributed by atoms with Gasteiger partial charge in [-0.2, -0.15) is 0 Å². The molecule has 0 aliphatic carbocycles. The molecule has 1 rings (SSSR count). The lowest BCUT2D eigenvalue weighted by molar-refractivity contribution is 0.196. The van der Waals surface area contributed by atoms with E-state index < -0.39 is 0 Å². The van der Waals surface area contributed by atoms with Gasteiger partial charge >= 0.3 is 6.03 Å². The van der Waals surface area contributed by atoms with Crippen molar-refractivity contribution < 1.29 is 13.9 Å². The Bertz CT molecular complexity index is 327. The van der Waals surface area contributed by atoms with Crippen LogP contribution in [-0.2, 0) is 11.3 Å². The van der Waals surface area contributed by atoms with Crippen molar-refractivity contribution in [2.24, 2.45) is 0 Å². The monoisotopic (exact) mass is 226 g/mol. The molecule has 0 radical (unpaired) electrons. The van der Waals surface area contributed by atoms with E-state index in [0.29, 0.717) is 19.7 Å². The Balaban J connectivity index is 2.23. The van der Waals surface area contributed by atoms with Crippen LogP contribution in [0.1, 0.15) is 5.56 Å². The standard InChI is InChI=1S/C11H15FN2O2/c1-16-7-6-13-11(15)14-8-9-2-4-10(12)5-3-9/h2-5H,6-8H2,1H3,(H2,13,14,15). The number of halogens is 1. The van der Waals surface area contributed by atoms with Crippen molar-refractivity contribution in [2.45, 2.75) is 6.54 Å². The second-order valence-corrected chi connectivity index (χ2v) is 3.23. The molecule has 1 aromatic rings. The summed E-state index contributed by atoms with van der Waals surface area (Å²) in [7, 11) is 1.57. The third-order valence-corrected chi connectivity index (χ3v) is 1.96. The zero-order valence-corrected chi connectivity index (χ0v) is 9.13. The fourth-order valence-corrected chi connectivity index (χ4v) is 1.11. The van der Waals surface area contributed by atoms with Crippen molar-refractivity contribution in [3.8, 4) is 0 Å². The van der Waals surface area contributed by atoms with Crippen LogP contribution < -0.4 is 10.6 Å². The molecule has 0 aliphatic heterocycles. The molecule has 5 heteroatoms. The van der Waals surface area contributed by atoms with Crippen LogP contribution in [-0.4, -0.2) is 26.3 Å². The van der Waals surface area contributed by atoms with Crippen molar-refractivity contribution in [1.29, 1.82) is 0 Å². The fraction of sp³-hybridized carbons (Fsp3) is 0.364. The first-order valence-electron chi connectivity index (χ1n) is 4.97. The smallest absolute Gasteiger partial charge is 0.315 e. The third-order valence-electron chi connectivity index (χ3n) is 1.96. The lowest BCUT2D eigenvalue weighted by atomic mass is 10.2. The van der Waals surface area contributed by atoms with E-state index in [1.165, 1.54) is 12.1 Å². The van der Waals surface area contributed by atoms with E-state index in [-0.39, 0.29) is 11.8 Å². The van der Waals surface area contributed by atoms with Crippen molar-refractivity contribution in [1.82, 2.24) is 10.6 Å². The van der Waals surface area contributed by atoms with Gasteiger partial charge < -0.3 is 15.4 Å². The first-order chi connectivity index (χ1) is 7.72. The van der Waals surface area contributed by atoms with Gasteiger partial charge in [0.15, 0.2) is 0 Å². The van der Waals surface area contributed by atoms with Gasteiger partial charge in [-0.15, -0.1) is 0 Å². The summed E-state index contributed by atoms with van der Waals surface area (Å²) in [6.07, 6.45) is 0. The lowest BCUT2D eigenvalue weighted by Crippen LogP contribution is -2.36. The molecule has 0 aromatic heterocycles. The predicted molar refractivity (Wildman–Crippen MR) is 58.5 cm³/mol. The zero-order valence-electron chi connectivity index (χ0n) is 9.13. The molecule has 0 bridgehead atoms. The average molecular weight is 226 g/mol. The number of hydrogen-bond donors (Lipinski definition) is 2. The van der Waals surface area contributed by atoms with Gasteiger partial charge in [0, 0.05) is 20.2 Å². The van der Waals surface area contributed by atoms with Crippen molar-refractivity contribution in [2.75, 3.05) is 20.3 Å². The van der Waals surface area contributed by atoms with Gasteiger partial charge in [-0.3, -0.25) is 0 Å². The van der Waals surface area contributed by atoms with Gasteiger partial charge in [0.05, 0.1) is 6.61 Å². The molecule has 0 saturated carbocycles. The number of benzene rings is 1. The summed E-state index contributed by atoms with van der Waals surface area (Å²) in [6, 6.07) is 5.72. The summed E-state index contributed by atoms with van der Waals surface area (Å²) in [5.41, 5.74) is 0.850. The van der Waals surface area contributed by atoms with Gasteiger partial charge in [-0.05, 0) is 17.7 Å². The number of nitrogens with one attached hydrogen (secondary N) is 2. The van der Waals surface area contributed by atoms with Gasteiger partial charge in [0.2, 0.25) is 0 Å². The van der Waals surface area contributed by atoms with E-state index in [0.717, 1.165) is 5.56 Å². The van der Waals surface area contributed by atoms with Crippen LogP contribution in [0.15, 0.2) is 24.3 Å². The topological polar surface area (TPSA) is 50.4 Å². The normalized spacial score (nSPS) is 9.88. The van der Waals surface area contributed by atoms with E-state index >= 15 is 0 Å². The van der Waals surface area contributed by atoms with Crippen LogP contribution in [0, 0.1) is 5.82 Å². The molecule has 4 nitrogen and oxygen atoms in total. The van der Waals surface area contributed by atoms with Gasteiger partial charge in [-0.1, -0.05) is 12.1 Å². The molecule has 0 aliphatic rings. The lowest BCUT2D eigenvalue weighted by Gasteiger charge is -2.07. The van der Waals surface area contributed by atoms with Gasteiger partial charge in [0.25, 0.3) is 0 Å². The Morgan fingerprint density at radius 1 is 1.31 bits per heavy atom. The minimum atomic E-state index is -0.284. The van der Waals surface area contributed by atoms with Crippen LogP contribution in [0.5, 0.6) is 0 Å². The molecule has 0 atom stereocenters. The molecule has 0 heterocycles. The van der Waals surface area contributed by atoms with E-state index in [4.69, 9.17) is 4.74 Å². The Hall–Kier alpha value is -1.62. The molecular formula is C11H15FN2O2. The van der Waals surface area contributed by atoms with E-state index in [1.807, 2.05) is 0 Å². The number of ether oxygens (including phenoxy) is 1. The van der Waals surface area contributed by atoms with Gasteiger partial charge in [-0.25, -0.2) is 9.18 Å². The molecule has 1 aromatic carbocycles. The van der Waals surface area contributed by atoms with Gasteiger partial charge in [0.1, 0.15) is 5.82 Å². The molecular weight excluding hydrogens is 211 g/mol. The van der Waals surface area contributed by atoms with E-state index in [9.17, 15) is 9.18 Å². The highest BCUT2D eigenvalue weighted by Crippen LogP contribution is 2.01. The minimum Gasteiger partial charge on any atom is -0.383 e. The van der Waals surface area contributed by atoms with Crippen LogP contribution >= 0.6 is 0 Å². The Kier molecular flexibility index (Phi) is 5.28. The summed E-state index contributed by atoms with van der Waals surface area (Å²) in [6.45, 7) is 1.31. The van der Waals surface area contributed by atoms with Crippen LogP contribution in [0.4, 0.5) is 9.18 Å². The number of carbonyl (C=O) groups excluding carboxylic acids is 1. The molecule has 0 fully saturated rings. The SMILES string of the molecule is COCCNC(=O)NCc1ccc(F)cc1. The van der Waals surface area contributed by atoms with E-state index in [1.54, 1.807) is 19.2 Å². The summed E-state index contributed by atoms with van der Waals surface area (Å²) < 4.78 is 17.4. The highest BCUT2D eigenvalue weighted by atomic mass is 19.1. The highest BCUT2D eigenvalue weighted by molar-refractivity contribution is 5.73. The number of hydrogen-bond acceptors (Lipinski definition) is 2. The zero-order chi connectivity index (χ0) is 11.8. The fourth-order valence-electron chi connectivity index (χ4n) is 1.11. The number of urea groups is 1. The largest absolute Gasteiger partial charge is 0.383 e. The third kappa shape index (κ3) is 4.75. The van der Waals surface area contributed by atoms with Crippen LogP contribution in [0.2, 0.25) is 0 Å². The quantitative estimate of drug-likeness (QED) is 0.743. The summed E-state index contributed by atoms with van der Waals surface area (Å²) in [4.78, 5) is 11.2. The number of amides is 2. The van der Waals surface area contributed by atoms with Crippen molar-refractivity contribution >= 4 is 6.03 Å². The maximum Gasteiger partial charge on any atom is 0.315 e. The first-order valence-corrected chi connectivity index (χ1v) is 4.97. The van der Waals surface area contributed by atoms with Crippen LogP contribution in [0.25, 0.3) is 0 Å². The maximum absolute atomic E-state index is 12.6.